The average Bonchev–Trinajstić information content (AvgIpc) is 2.72. The molecule has 0 amide bonds. The minimum Gasteiger partial charge on any atom is -0.390 e. The van der Waals surface area contributed by atoms with Crippen molar-refractivity contribution >= 4 is 17.2 Å². The van der Waals surface area contributed by atoms with Crippen LogP contribution in [-0.4, -0.2) is 36.8 Å². The molecule has 5 nitrogen and oxygen atoms in total. The van der Waals surface area contributed by atoms with Gasteiger partial charge in [0.2, 0.25) is 0 Å². The minimum absolute atomic E-state index is 0.296. The summed E-state index contributed by atoms with van der Waals surface area (Å²) in [6.45, 7) is 0. The lowest BCUT2D eigenvalue weighted by molar-refractivity contribution is 0.0177. The summed E-state index contributed by atoms with van der Waals surface area (Å²) in [6.07, 6.45) is 3.27. The van der Waals surface area contributed by atoms with Crippen LogP contribution in [-0.2, 0) is 0 Å². The highest BCUT2D eigenvalue weighted by Gasteiger charge is 2.21. The van der Waals surface area contributed by atoms with Crippen LogP contribution in [0.5, 0.6) is 0 Å². The summed E-state index contributed by atoms with van der Waals surface area (Å²) in [6, 6.07) is 1.74. The lowest BCUT2D eigenvalue weighted by atomic mass is 10.1. The van der Waals surface area contributed by atoms with E-state index in [1.165, 1.54) is 6.20 Å². The van der Waals surface area contributed by atoms with Crippen molar-refractivity contribution in [2.75, 3.05) is 5.88 Å². The van der Waals surface area contributed by atoms with Gasteiger partial charge in [-0.2, -0.15) is 5.10 Å². The number of halogens is 1. The fraction of sp³-hybridized carbons (Fsp3) is 0.400. The van der Waals surface area contributed by atoms with Crippen LogP contribution in [0.25, 0.3) is 5.65 Å². The molecule has 86 valence electrons. The van der Waals surface area contributed by atoms with Crippen molar-refractivity contribution in [3.8, 4) is 0 Å². The third kappa shape index (κ3) is 2.02. The molecule has 0 bridgehead atoms. The van der Waals surface area contributed by atoms with Gasteiger partial charge in [0.05, 0.1) is 12.3 Å². The molecule has 0 aliphatic rings. The molecule has 0 aliphatic heterocycles. The molecule has 0 saturated heterocycles. The van der Waals surface area contributed by atoms with E-state index in [4.69, 9.17) is 11.6 Å². The zero-order chi connectivity index (χ0) is 11.5. The van der Waals surface area contributed by atoms with Gasteiger partial charge in [0.25, 0.3) is 0 Å². The molecule has 0 saturated carbocycles. The molecule has 2 aromatic rings. The summed E-state index contributed by atoms with van der Waals surface area (Å²) in [5.41, 5.74) is 1.06. The first-order valence-electron chi connectivity index (χ1n) is 4.94. The molecule has 2 heterocycles. The van der Waals surface area contributed by atoms with Crippen LogP contribution in [0.2, 0.25) is 0 Å². The second-order valence-electron chi connectivity index (χ2n) is 3.48. The van der Waals surface area contributed by atoms with Gasteiger partial charge >= 0.3 is 0 Å². The third-order valence-corrected chi connectivity index (χ3v) is 2.61. The number of aliphatic hydroxyl groups is 2. The van der Waals surface area contributed by atoms with E-state index in [0.29, 0.717) is 23.5 Å². The minimum atomic E-state index is -1.01. The Hall–Kier alpha value is -1.17. The Labute approximate surface area is 97.3 Å². The number of aromatic nitrogens is 3. The predicted octanol–water partition coefficient (Wildman–Crippen LogP) is 0.752. The zero-order valence-electron chi connectivity index (χ0n) is 8.49. The van der Waals surface area contributed by atoms with Crippen LogP contribution in [0.3, 0.4) is 0 Å². The van der Waals surface area contributed by atoms with E-state index in [0.717, 1.165) is 0 Å². The van der Waals surface area contributed by atoms with Crippen LogP contribution < -0.4 is 0 Å². The Morgan fingerprint density at radius 1 is 1.44 bits per heavy atom. The lowest BCUT2D eigenvalue weighted by Crippen LogP contribution is -2.18. The fourth-order valence-corrected chi connectivity index (χ4v) is 1.75. The lowest BCUT2D eigenvalue weighted by Gasteiger charge is -2.15. The van der Waals surface area contributed by atoms with Gasteiger partial charge in [-0.1, -0.05) is 0 Å². The van der Waals surface area contributed by atoms with Crippen molar-refractivity contribution in [3.05, 3.63) is 30.2 Å². The average molecular weight is 242 g/mol. The van der Waals surface area contributed by atoms with Gasteiger partial charge in [-0.25, -0.2) is 9.50 Å². The van der Waals surface area contributed by atoms with E-state index < -0.39 is 12.2 Å². The first-order chi connectivity index (χ1) is 7.74. The molecule has 0 spiro atoms. The second kappa shape index (κ2) is 4.78. The molecule has 2 atom stereocenters. The van der Waals surface area contributed by atoms with Gasteiger partial charge in [-0.15, -0.1) is 11.6 Å². The monoisotopic (exact) mass is 241 g/mol. The molecule has 2 rings (SSSR count). The van der Waals surface area contributed by atoms with Crippen LogP contribution in [0.1, 0.15) is 18.1 Å². The van der Waals surface area contributed by atoms with E-state index in [2.05, 4.69) is 10.1 Å². The summed E-state index contributed by atoms with van der Waals surface area (Å²) < 4.78 is 1.55. The van der Waals surface area contributed by atoms with E-state index in [9.17, 15) is 10.2 Å². The summed E-state index contributed by atoms with van der Waals surface area (Å²) in [5, 5.41) is 23.6. The second-order valence-corrected chi connectivity index (χ2v) is 3.86. The van der Waals surface area contributed by atoms with Crippen molar-refractivity contribution in [1.82, 2.24) is 14.6 Å². The maximum Gasteiger partial charge on any atom is 0.160 e. The third-order valence-electron chi connectivity index (χ3n) is 2.39. The van der Waals surface area contributed by atoms with E-state index in [1.54, 1.807) is 23.0 Å². The number of alkyl halides is 1. The molecule has 2 N–H and O–H groups in total. The Morgan fingerprint density at radius 2 is 2.25 bits per heavy atom. The van der Waals surface area contributed by atoms with Crippen LogP contribution in [0, 0.1) is 0 Å². The first kappa shape index (κ1) is 11.3. The van der Waals surface area contributed by atoms with Gasteiger partial charge in [0, 0.05) is 23.8 Å². The van der Waals surface area contributed by atoms with Crippen molar-refractivity contribution < 1.29 is 10.2 Å². The van der Waals surface area contributed by atoms with E-state index in [1.807, 2.05) is 0 Å². The molecule has 0 aromatic carbocycles. The normalized spacial score (nSPS) is 15.2. The summed E-state index contributed by atoms with van der Waals surface area (Å²) in [5.74, 6) is 0.296. The zero-order valence-corrected chi connectivity index (χ0v) is 9.25. The largest absolute Gasteiger partial charge is 0.390 e. The quantitative estimate of drug-likeness (QED) is 0.775. The Balaban J connectivity index is 2.32. The van der Waals surface area contributed by atoms with E-state index in [-0.39, 0.29) is 0 Å². The van der Waals surface area contributed by atoms with Crippen molar-refractivity contribution in [3.63, 3.8) is 0 Å². The molecule has 6 heteroatoms. The molecule has 16 heavy (non-hydrogen) atoms. The molecule has 2 aromatic heterocycles. The van der Waals surface area contributed by atoms with Gasteiger partial charge in [-0.05, 0) is 12.5 Å². The number of hydrogen-bond donors (Lipinski definition) is 2. The molecular formula is C10H12ClN3O2. The molecule has 0 fully saturated rings. The predicted molar refractivity (Wildman–Crippen MR) is 59.3 cm³/mol. The highest BCUT2D eigenvalue weighted by molar-refractivity contribution is 6.17. The van der Waals surface area contributed by atoms with Crippen LogP contribution >= 0.6 is 11.6 Å². The molecule has 0 aliphatic carbocycles. The number of fused-ring (bicyclic) bond motifs is 1. The topological polar surface area (TPSA) is 70.7 Å². The standard InChI is InChI=1S/C10H12ClN3O2/c11-3-2-8(15)9(16)7-6-13-14-5-1-4-12-10(7)14/h1,4-6,8-9,15-16H,2-3H2. The van der Waals surface area contributed by atoms with Crippen LogP contribution in [0.15, 0.2) is 24.7 Å². The van der Waals surface area contributed by atoms with Crippen molar-refractivity contribution in [1.29, 1.82) is 0 Å². The molecule has 2 unspecified atom stereocenters. The Bertz CT molecular complexity index is 474. The van der Waals surface area contributed by atoms with Gasteiger partial charge in [0.15, 0.2) is 5.65 Å². The first-order valence-corrected chi connectivity index (χ1v) is 5.48. The number of rotatable bonds is 4. The van der Waals surface area contributed by atoms with Crippen LogP contribution in [0.4, 0.5) is 0 Å². The fourth-order valence-electron chi connectivity index (χ4n) is 1.53. The SMILES string of the molecule is OC(CCCl)C(O)c1cnn2cccnc12. The van der Waals surface area contributed by atoms with Gasteiger partial charge < -0.3 is 10.2 Å². The smallest absolute Gasteiger partial charge is 0.160 e. The highest BCUT2D eigenvalue weighted by atomic mass is 35.5. The molecular weight excluding hydrogens is 230 g/mol. The maximum atomic E-state index is 9.91. The van der Waals surface area contributed by atoms with Crippen molar-refractivity contribution in [2.45, 2.75) is 18.6 Å². The number of aliphatic hydroxyl groups excluding tert-OH is 2. The van der Waals surface area contributed by atoms with E-state index >= 15 is 0 Å². The highest BCUT2D eigenvalue weighted by Crippen LogP contribution is 2.22. The maximum absolute atomic E-state index is 9.91. The van der Waals surface area contributed by atoms with Crippen molar-refractivity contribution in [2.24, 2.45) is 0 Å². The summed E-state index contributed by atoms with van der Waals surface area (Å²) >= 11 is 5.51. The Morgan fingerprint density at radius 3 is 3.00 bits per heavy atom. The summed E-state index contributed by atoms with van der Waals surface area (Å²) in [7, 11) is 0. The molecule has 0 radical (unpaired) electrons. The summed E-state index contributed by atoms with van der Waals surface area (Å²) in [4.78, 5) is 4.10. The number of nitrogens with zero attached hydrogens (tertiary/aromatic N) is 3. The number of hydrogen-bond acceptors (Lipinski definition) is 4. The van der Waals surface area contributed by atoms with Gasteiger partial charge in [-0.3, -0.25) is 0 Å². The van der Waals surface area contributed by atoms with Gasteiger partial charge in [0.1, 0.15) is 6.10 Å². The Kier molecular flexibility index (Phi) is 3.38.